The van der Waals surface area contributed by atoms with Crippen LogP contribution in [0.4, 0.5) is 11.4 Å². The summed E-state index contributed by atoms with van der Waals surface area (Å²) in [5, 5.41) is 13.4. The van der Waals surface area contributed by atoms with Crippen LogP contribution in [0.3, 0.4) is 0 Å². The number of nitrogens with zero attached hydrogens (tertiary/aromatic N) is 2. The number of hydrogen-bond donors (Lipinski definition) is 2. The van der Waals surface area contributed by atoms with Crippen molar-refractivity contribution < 1.29 is 9.90 Å². The van der Waals surface area contributed by atoms with Crippen LogP contribution < -0.4 is 5.32 Å². The maximum atomic E-state index is 12.2. The first kappa shape index (κ1) is 18.3. The summed E-state index contributed by atoms with van der Waals surface area (Å²) in [7, 11) is 0. The van der Waals surface area contributed by atoms with Crippen molar-refractivity contribution in [2.45, 2.75) is 13.0 Å². The molecule has 2 aromatic carbocycles. The molecule has 28 heavy (non-hydrogen) atoms. The molecule has 140 valence electrons. The molecule has 1 aliphatic heterocycles. The third-order valence-corrected chi connectivity index (χ3v) is 5.74. The van der Waals surface area contributed by atoms with Crippen molar-refractivity contribution in [1.82, 2.24) is 4.57 Å². The number of carbonyl (C=O) groups is 1. The Morgan fingerprint density at radius 1 is 1.18 bits per heavy atom. The van der Waals surface area contributed by atoms with Crippen LogP contribution in [-0.2, 0) is 11.3 Å². The van der Waals surface area contributed by atoms with Gasteiger partial charge in [-0.25, -0.2) is 0 Å². The van der Waals surface area contributed by atoms with E-state index in [0.717, 1.165) is 22.5 Å². The van der Waals surface area contributed by atoms with Crippen LogP contribution >= 0.6 is 23.6 Å². The van der Waals surface area contributed by atoms with E-state index in [4.69, 9.17) is 12.2 Å². The summed E-state index contributed by atoms with van der Waals surface area (Å²) < 4.78 is 2.12. The van der Waals surface area contributed by atoms with Gasteiger partial charge in [-0.15, -0.1) is 11.3 Å². The zero-order valence-electron chi connectivity index (χ0n) is 14.8. The zero-order valence-corrected chi connectivity index (χ0v) is 16.5. The first-order chi connectivity index (χ1) is 13.6. The van der Waals surface area contributed by atoms with Crippen molar-refractivity contribution in [2.24, 2.45) is 4.99 Å². The SMILES string of the molecule is O=C(CCn1c(O)c(/C=C2/C=Nc3ccccc32)sc1=S)Nc1ccccc1. The molecule has 2 N–H and O–H groups in total. The van der Waals surface area contributed by atoms with Crippen molar-refractivity contribution in [2.75, 3.05) is 5.32 Å². The van der Waals surface area contributed by atoms with Crippen LogP contribution in [0, 0.1) is 3.95 Å². The second kappa shape index (κ2) is 7.92. The van der Waals surface area contributed by atoms with Gasteiger partial charge in [0.1, 0.15) is 0 Å². The smallest absolute Gasteiger partial charge is 0.226 e. The summed E-state index contributed by atoms with van der Waals surface area (Å²) in [6.07, 6.45) is 3.88. The molecular weight excluding hydrogens is 390 g/mol. The van der Waals surface area contributed by atoms with Gasteiger partial charge in [-0.1, -0.05) is 36.4 Å². The van der Waals surface area contributed by atoms with Gasteiger partial charge in [0, 0.05) is 36.0 Å². The molecule has 0 bridgehead atoms. The van der Waals surface area contributed by atoms with E-state index >= 15 is 0 Å². The van der Waals surface area contributed by atoms with Gasteiger partial charge in [0.2, 0.25) is 11.8 Å². The van der Waals surface area contributed by atoms with E-state index in [2.05, 4.69) is 10.3 Å². The molecule has 0 spiro atoms. The lowest BCUT2D eigenvalue weighted by Crippen LogP contribution is -2.14. The first-order valence-corrected chi connectivity index (χ1v) is 9.97. The van der Waals surface area contributed by atoms with E-state index in [-0.39, 0.29) is 18.2 Å². The largest absolute Gasteiger partial charge is 0.493 e. The Bertz CT molecular complexity index is 1140. The number of amides is 1. The molecule has 7 heteroatoms. The molecule has 0 fully saturated rings. The maximum Gasteiger partial charge on any atom is 0.226 e. The Morgan fingerprint density at radius 3 is 2.75 bits per heavy atom. The predicted octanol–water partition coefficient (Wildman–Crippen LogP) is 5.27. The second-order valence-electron chi connectivity index (χ2n) is 6.25. The lowest BCUT2D eigenvalue weighted by atomic mass is 10.1. The van der Waals surface area contributed by atoms with Gasteiger partial charge >= 0.3 is 0 Å². The van der Waals surface area contributed by atoms with Gasteiger partial charge in [-0.3, -0.25) is 14.4 Å². The van der Waals surface area contributed by atoms with Gasteiger partial charge in [-0.05, 0) is 36.5 Å². The fourth-order valence-electron chi connectivity index (χ4n) is 2.96. The first-order valence-electron chi connectivity index (χ1n) is 8.74. The molecule has 0 atom stereocenters. The van der Waals surface area contributed by atoms with Crippen LogP contribution in [0.2, 0.25) is 0 Å². The van der Waals surface area contributed by atoms with Crippen LogP contribution in [-0.4, -0.2) is 21.8 Å². The van der Waals surface area contributed by atoms with Gasteiger partial charge < -0.3 is 10.4 Å². The molecule has 0 aliphatic carbocycles. The van der Waals surface area contributed by atoms with Gasteiger partial charge in [0.15, 0.2) is 3.95 Å². The number of benzene rings is 2. The lowest BCUT2D eigenvalue weighted by molar-refractivity contribution is -0.116. The molecule has 0 saturated heterocycles. The molecule has 1 aromatic heterocycles. The van der Waals surface area contributed by atoms with Gasteiger partial charge in [0.25, 0.3) is 0 Å². The summed E-state index contributed by atoms with van der Waals surface area (Å²) in [6, 6.07) is 17.1. The Morgan fingerprint density at radius 2 is 1.93 bits per heavy atom. The van der Waals surface area contributed by atoms with E-state index in [1.165, 1.54) is 11.3 Å². The van der Waals surface area contributed by atoms with E-state index in [9.17, 15) is 9.90 Å². The van der Waals surface area contributed by atoms with Crippen LogP contribution in [0.1, 0.15) is 16.9 Å². The number of aromatic nitrogens is 1. The number of allylic oxidation sites excluding steroid dienone is 1. The Balaban J connectivity index is 1.49. The number of fused-ring (bicyclic) bond motifs is 1. The van der Waals surface area contributed by atoms with Crippen molar-refractivity contribution in [3.63, 3.8) is 0 Å². The molecule has 4 rings (SSSR count). The number of thiazole rings is 1. The van der Waals surface area contributed by atoms with Crippen molar-refractivity contribution in [3.05, 3.63) is 69.0 Å². The number of rotatable bonds is 5. The van der Waals surface area contributed by atoms with Crippen molar-refractivity contribution in [1.29, 1.82) is 0 Å². The number of anilines is 1. The molecule has 0 saturated carbocycles. The molecule has 0 radical (unpaired) electrons. The molecule has 0 unspecified atom stereocenters. The topological polar surface area (TPSA) is 66.6 Å². The van der Waals surface area contributed by atoms with Gasteiger partial charge in [-0.2, -0.15) is 0 Å². The summed E-state index contributed by atoms with van der Waals surface area (Å²) in [4.78, 5) is 17.2. The highest BCUT2D eigenvalue weighted by atomic mass is 32.1. The highest BCUT2D eigenvalue weighted by Gasteiger charge is 2.16. The van der Waals surface area contributed by atoms with E-state index in [1.54, 1.807) is 10.8 Å². The fraction of sp³-hybridized carbons (Fsp3) is 0.0952. The summed E-state index contributed by atoms with van der Waals surface area (Å²) in [5.74, 6) is -0.0525. The molecular formula is C21H17N3O2S2. The molecule has 3 aromatic rings. The minimum atomic E-state index is -0.129. The fourth-order valence-corrected chi connectivity index (χ4v) is 4.27. The number of carbonyl (C=O) groups excluding carboxylic acids is 1. The Kier molecular flexibility index (Phi) is 5.18. The van der Waals surface area contributed by atoms with E-state index < -0.39 is 0 Å². The second-order valence-corrected chi connectivity index (χ2v) is 7.92. The highest BCUT2D eigenvalue weighted by molar-refractivity contribution is 7.73. The normalized spacial score (nSPS) is 13.6. The monoisotopic (exact) mass is 407 g/mol. The molecule has 1 amide bonds. The zero-order chi connectivity index (χ0) is 19.5. The number of aliphatic imine (C=N–C) groups is 1. The summed E-state index contributed by atoms with van der Waals surface area (Å²) in [5.41, 5.74) is 3.61. The van der Waals surface area contributed by atoms with Crippen molar-refractivity contribution >= 4 is 58.7 Å². The summed E-state index contributed by atoms with van der Waals surface area (Å²) in [6.45, 7) is 0.313. The number of hydrogen-bond acceptors (Lipinski definition) is 5. The Labute approximate surface area is 171 Å². The minimum absolute atomic E-state index is 0.0767. The third kappa shape index (κ3) is 3.81. The van der Waals surface area contributed by atoms with Crippen LogP contribution in [0.5, 0.6) is 5.88 Å². The highest BCUT2D eigenvalue weighted by Crippen LogP contribution is 2.35. The predicted molar refractivity (Wildman–Crippen MR) is 117 cm³/mol. The maximum absolute atomic E-state index is 12.2. The van der Waals surface area contributed by atoms with Crippen molar-refractivity contribution in [3.8, 4) is 5.88 Å². The molecule has 1 aliphatic rings. The van der Waals surface area contributed by atoms with E-state index in [0.29, 0.717) is 15.4 Å². The molecule has 5 nitrogen and oxygen atoms in total. The minimum Gasteiger partial charge on any atom is -0.493 e. The molecule has 2 heterocycles. The lowest BCUT2D eigenvalue weighted by Gasteiger charge is -2.07. The van der Waals surface area contributed by atoms with E-state index in [1.807, 2.05) is 60.7 Å². The average Bonchev–Trinajstić information content (AvgIpc) is 3.22. The Hall–Kier alpha value is -3.03. The van der Waals surface area contributed by atoms with Crippen LogP contribution in [0.25, 0.3) is 11.6 Å². The number of nitrogens with one attached hydrogen (secondary N) is 1. The number of para-hydroxylation sites is 2. The van der Waals surface area contributed by atoms with Crippen LogP contribution in [0.15, 0.2) is 59.6 Å². The number of aromatic hydroxyl groups is 1. The third-order valence-electron chi connectivity index (χ3n) is 4.36. The van der Waals surface area contributed by atoms with Gasteiger partial charge in [0.05, 0.1) is 10.6 Å². The average molecular weight is 408 g/mol. The quantitative estimate of drug-likeness (QED) is 0.566. The standard InChI is InChI=1S/C21H17N3O2S2/c25-19(23-15-6-2-1-3-7-15)10-11-24-20(26)18(28-21(24)27)12-14-13-22-17-9-5-4-8-16(14)17/h1-9,12-13,26H,10-11H2,(H,23,25)/b14-12-. The summed E-state index contributed by atoms with van der Waals surface area (Å²) >= 11 is 6.70.